The van der Waals surface area contributed by atoms with Crippen molar-refractivity contribution in [3.63, 3.8) is 0 Å². The Balaban J connectivity index is 3.15. The molecular formula is C19H39O. The predicted octanol–water partition coefficient (Wildman–Crippen LogP) is 6.71. The van der Waals surface area contributed by atoms with E-state index in [1.807, 2.05) is 0 Å². The summed E-state index contributed by atoms with van der Waals surface area (Å²) in [6, 6.07) is 0. The van der Waals surface area contributed by atoms with Crippen LogP contribution in [0.25, 0.3) is 0 Å². The minimum Gasteiger partial charge on any atom is -0.378 e. The zero-order valence-corrected chi connectivity index (χ0v) is 14.3. The van der Waals surface area contributed by atoms with Crippen molar-refractivity contribution in [1.82, 2.24) is 0 Å². The Hall–Kier alpha value is -0.0400. The van der Waals surface area contributed by atoms with Crippen LogP contribution in [-0.2, 0) is 4.74 Å². The average molecular weight is 284 g/mol. The van der Waals surface area contributed by atoms with E-state index in [2.05, 4.69) is 20.8 Å². The largest absolute Gasteiger partial charge is 0.378 e. The summed E-state index contributed by atoms with van der Waals surface area (Å²) in [5.41, 5.74) is 0. The average Bonchev–Trinajstić information content (AvgIpc) is 2.48. The van der Waals surface area contributed by atoms with E-state index in [0.29, 0.717) is 6.10 Å². The maximum absolute atomic E-state index is 5.77. The molecule has 1 nitrogen and oxygen atoms in total. The third-order valence-corrected chi connectivity index (χ3v) is 4.08. The zero-order chi connectivity index (χ0) is 14.9. The highest BCUT2D eigenvalue weighted by Gasteiger charge is 2.05. The molecule has 0 rings (SSSR count). The standard InChI is InChI=1S/C19H39O/c1-4-7-8-9-10-11-12-13-14-15-16-17-19(6-3)20-18-5-2/h19H,2,4-18H2,1,3H3. The highest BCUT2D eigenvalue weighted by atomic mass is 16.5. The molecule has 1 heteroatoms. The van der Waals surface area contributed by atoms with Gasteiger partial charge in [-0.25, -0.2) is 0 Å². The van der Waals surface area contributed by atoms with Gasteiger partial charge < -0.3 is 4.74 Å². The topological polar surface area (TPSA) is 9.23 Å². The lowest BCUT2D eigenvalue weighted by atomic mass is 10.0. The van der Waals surface area contributed by atoms with E-state index in [-0.39, 0.29) is 0 Å². The van der Waals surface area contributed by atoms with Crippen LogP contribution in [0, 0.1) is 6.92 Å². The van der Waals surface area contributed by atoms with Crippen LogP contribution in [-0.4, -0.2) is 12.7 Å². The summed E-state index contributed by atoms with van der Waals surface area (Å²) in [5.74, 6) is 0. The first-order chi connectivity index (χ1) is 9.85. The van der Waals surface area contributed by atoms with E-state index in [0.717, 1.165) is 19.4 Å². The minimum absolute atomic E-state index is 0.482. The van der Waals surface area contributed by atoms with Gasteiger partial charge in [0, 0.05) is 6.61 Å². The monoisotopic (exact) mass is 283 g/mol. The normalized spacial score (nSPS) is 12.8. The molecule has 121 valence electrons. The van der Waals surface area contributed by atoms with Crippen LogP contribution in [0.1, 0.15) is 104 Å². The number of unbranched alkanes of at least 4 members (excludes halogenated alkanes) is 10. The number of ether oxygens (including phenoxy) is 1. The van der Waals surface area contributed by atoms with Crippen molar-refractivity contribution >= 4 is 0 Å². The second-order valence-electron chi connectivity index (χ2n) is 6.08. The second-order valence-corrected chi connectivity index (χ2v) is 6.08. The molecule has 0 bridgehead atoms. The van der Waals surface area contributed by atoms with Gasteiger partial charge in [-0.2, -0.15) is 0 Å². The second kappa shape index (κ2) is 17.0. The first-order valence-electron chi connectivity index (χ1n) is 9.26. The fourth-order valence-electron chi connectivity index (χ4n) is 2.69. The lowest BCUT2D eigenvalue weighted by molar-refractivity contribution is 0.0459. The summed E-state index contributed by atoms with van der Waals surface area (Å²) < 4.78 is 5.77. The van der Waals surface area contributed by atoms with Crippen LogP contribution in [0.3, 0.4) is 0 Å². The highest BCUT2D eigenvalue weighted by molar-refractivity contribution is 4.57. The number of rotatable bonds is 16. The van der Waals surface area contributed by atoms with Crippen molar-refractivity contribution < 1.29 is 4.74 Å². The molecule has 20 heavy (non-hydrogen) atoms. The summed E-state index contributed by atoms with van der Waals surface area (Å²) in [5, 5.41) is 0. The molecule has 0 aliphatic carbocycles. The van der Waals surface area contributed by atoms with Crippen molar-refractivity contribution in [3.05, 3.63) is 6.92 Å². The van der Waals surface area contributed by atoms with Gasteiger partial charge in [-0.3, -0.25) is 0 Å². The number of hydrogen-bond donors (Lipinski definition) is 0. The van der Waals surface area contributed by atoms with Gasteiger partial charge in [0.1, 0.15) is 0 Å². The smallest absolute Gasteiger partial charge is 0.0572 e. The van der Waals surface area contributed by atoms with Crippen molar-refractivity contribution in [2.24, 2.45) is 0 Å². The van der Waals surface area contributed by atoms with Gasteiger partial charge in [-0.05, 0) is 19.3 Å². The molecule has 0 amide bonds. The molecule has 0 spiro atoms. The summed E-state index contributed by atoms with van der Waals surface area (Å²) >= 11 is 0. The Morgan fingerprint density at radius 1 is 0.750 bits per heavy atom. The van der Waals surface area contributed by atoms with E-state index < -0.39 is 0 Å². The van der Waals surface area contributed by atoms with E-state index in [1.165, 1.54) is 77.0 Å². The number of hydrogen-bond acceptors (Lipinski definition) is 1. The Labute approximate surface area is 128 Å². The van der Waals surface area contributed by atoms with Crippen molar-refractivity contribution in [1.29, 1.82) is 0 Å². The van der Waals surface area contributed by atoms with Gasteiger partial charge >= 0.3 is 0 Å². The molecule has 0 aromatic heterocycles. The van der Waals surface area contributed by atoms with Crippen LogP contribution in [0.2, 0.25) is 0 Å². The maximum Gasteiger partial charge on any atom is 0.0572 e. The molecule has 0 heterocycles. The van der Waals surface area contributed by atoms with Crippen LogP contribution >= 0.6 is 0 Å². The molecule has 0 aromatic carbocycles. The molecule has 1 radical (unpaired) electrons. The van der Waals surface area contributed by atoms with Crippen molar-refractivity contribution in [3.8, 4) is 0 Å². The van der Waals surface area contributed by atoms with Gasteiger partial charge in [-0.15, -0.1) is 0 Å². The van der Waals surface area contributed by atoms with Crippen molar-refractivity contribution in [2.45, 2.75) is 110 Å². The third kappa shape index (κ3) is 14.4. The van der Waals surface area contributed by atoms with Gasteiger partial charge in [0.2, 0.25) is 0 Å². The Morgan fingerprint density at radius 3 is 1.70 bits per heavy atom. The lowest BCUT2D eigenvalue weighted by Gasteiger charge is -2.15. The van der Waals surface area contributed by atoms with Crippen LogP contribution in [0.5, 0.6) is 0 Å². The molecule has 0 aliphatic rings. The highest BCUT2D eigenvalue weighted by Crippen LogP contribution is 2.14. The quantitative estimate of drug-likeness (QED) is 0.286. The van der Waals surface area contributed by atoms with E-state index in [4.69, 9.17) is 4.74 Å². The molecule has 0 saturated heterocycles. The first kappa shape index (κ1) is 20.0. The molecule has 0 aromatic rings. The first-order valence-corrected chi connectivity index (χ1v) is 9.26. The molecule has 0 aliphatic heterocycles. The molecule has 1 unspecified atom stereocenters. The Morgan fingerprint density at radius 2 is 1.25 bits per heavy atom. The van der Waals surface area contributed by atoms with Crippen LogP contribution in [0.4, 0.5) is 0 Å². The zero-order valence-electron chi connectivity index (χ0n) is 14.3. The van der Waals surface area contributed by atoms with Gasteiger partial charge in [-0.1, -0.05) is 91.4 Å². The Bertz CT molecular complexity index is 167. The molecule has 0 fully saturated rings. The summed E-state index contributed by atoms with van der Waals surface area (Å²) in [6.07, 6.45) is 19.4. The van der Waals surface area contributed by atoms with E-state index in [9.17, 15) is 0 Å². The van der Waals surface area contributed by atoms with Gasteiger partial charge in [0.05, 0.1) is 6.10 Å². The minimum atomic E-state index is 0.482. The maximum atomic E-state index is 5.77. The molecule has 1 atom stereocenters. The van der Waals surface area contributed by atoms with Gasteiger partial charge in [0.25, 0.3) is 0 Å². The summed E-state index contributed by atoms with van der Waals surface area (Å²) in [6.45, 7) is 9.17. The van der Waals surface area contributed by atoms with E-state index in [1.54, 1.807) is 0 Å². The molecule has 0 saturated carbocycles. The van der Waals surface area contributed by atoms with Gasteiger partial charge in [0.15, 0.2) is 0 Å². The molecule has 0 N–H and O–H groups in total. The SMILES string of the molecule is [CH2]CCOC(CC)CCCCCCCCCCCCC. The predicted molar refractivity (Wildman–Crippen MR) is 91.1 cm³/mol. The fraction of sp³-hybridized carbons (Fsp3) is 0.947. The lowest BCUT2D eigenvalue weighted by Crippen LogP contribution is -2.12. The molecular weight excluding hydrogens is 244 g/mol. The summed E-state index contributed by atoms with van der Waals surface area (Å²) in [4.78, 5) is 0. The third-order valence-electron chi connectivity index (χ3n) is 4.08. The summed E-state index contributed by atoms with van der Waals surface area (Å²) in [7, 11) is 0. The Kier molecular flexibility index (Phi) is 17.0. The fourth-order valence-corrected chi connectivity index (χ4v) is 2.69. The van der Waals surface area contributed by atoms with Crippen LogP contribution in [0.15, 0.2) is 0 Å². The van der Waals surface area contributed by atoms with Crippen LogP contribution < -0.4 is 0 Å². The van der Waals surface area contributed by atoms with E-state index >= 15 is 0 Å². The van der Waals surface area contributed by atoms with Crippen molar-refractivity contribution in [2.75, 3.05) is 6.61 Å².